The molecule has 25 heavy (non-hydrogen) atoms. The van der Waals surface area contributed by atoms with Gasteiger partial charge in [-0.15, -0.1) is 23.5 Å². The highest BCUT2D eigenvalue weighted by molar-refractivity contribution is 8.16. The summed E-state index contributed by atoms with van der Waals surface area (Å²) < 4.78 is 13.9. The molecular formula is C18H17FN2O2S2. The second kappa shape index (κ2) is 7.93. The van der Waals surface area contributed by atoms with Crippen LogP contribution in [0.3, 0.4) is 0 Å². The molecule has 130 valence electrons. The van der Waals surface area contributed by atoms with E-state index in [9.17, 15) is 14.0 Å². The zero-order valence-corrected chi connectivity index (χ0v) is 15.0. The maximum atomic E-state index is 13.5. The molecule has 2 aromatic rings. The van der Waals surface area contributed by atoms with E-state index < -0.39 is 11.7 Å². The third-order valence-corrected chi connectivity index (χ3v) is 6.78. The fourth-order valence-electron chi connectivity index (χ4n) is 2.47. The van der Waals surface area contributed by atoms with Crippen LogP contribution in [0.15, 0.2) is 42.5 Å². The van der Waals surface area contributed by atoms with Gasteiger partial charge in [0, 0.05) is 11.3 Å². The summed E-state index contributed by atoms with van der Waals surface area (Å²) in [5.74, 6) is 0.412. The molecule has 3 rings (SSSR count). The number of halogens is 1. The molecule has 0 atom stereocenters. The minimum Gasteiger partial charge on any atom is -0.366 e. The lowest BCUT2D eigenvalue weighted by Gasteiger charge is -2.21. The van der Waals surface area contributed by atoms with Gasteiger partial charge in [-0.2, -0.15) is 0 Å². The van der Waals surface area contributed by atoms with E-state index in [1.165, 1.54) is 24.1 Å². The molecule has 0 radical (unpaired) electrons. The SMILES string of the molecule is NC(=O)c1cc(NC(=O)c2ccc(C3SCCCS3)cc2)ccc1F. The zero-order valence-electron chi connectivity index (χ0n) is 13.3. The number of benzene rings is 2. The van der Waals surface area contributed by atoms with E-state index in [1.807, 2.05) is 35.7 Å². The van der Waals surface area contributed by atoms with Crippen LogP contribution in [0.25, 0.3) is 0 Å². The Balaban J connectivity index is 1.71. The molecule has 0 unspecified atom stereocenters. The standard InChI is InChI=1S/C18H17FN2O2S2/c19-15-7-6-13(10-14(15)16(20)22)21-17(23)11-2-4-12(5-3-11)18-24-8-1-9-25-18/h2-7,10,18H,1,8-9H2,(H2,20,22)(H,21,23). The number of nitrogens with one attached hydrogen (secondary N) is 1. The van der Waals surface area contributed by atoms with E-state index in [0.717, 1.165) is 17.6 Å². The van der Waals surface area contributed by atoms with Crippen molar-refractivity contribution in [2.75, 3.05) is 16.8 Å². The number of hydrogen-bond acceptors (Lipinski definition) is 4. The Kier molecular flexibility index (Phi) is 5.65. The van der Waals surface area contributed by atoms with Gasteiger partial charge in [0.05, 0.1) is 10.1 Å². The van der Waals surface area contributed by atoms with E-state index in [0.29, 0.717) is 15.8 Å². The number of primary amides is 1. The number of carbonyl (C=O) groups excluding carboxylic acids is 2. The van der Waals surface area contributed by atoms with Gasteiger partial charge in [0.2, 0.25) is 0 Å². The fourth-order valence-corrected chi connectivity index (χ4v) is 5.36. The molecule has 7 heteroatoms. The largest absolute Gasteiger partial charge is 0.366 e. The van der Waals surface area contributed by atoms with Crippen LogP contribution in [-0.4, -0.2) is 23.3 Å². The fraction of sp³-hybridized carbons (Fsp3) is 0.222. The summed E-state index contributed by atoms with van der Waals surface area (Å²) in [5, 5.41) is 2.66. The van der Waals surface area contributed by atoms with E-state index in [2.05, 4.69) is 5.32 Å². The Morgan fingerprint density at radius 1 is 1.08 bits per heavy atom. The molecule has 3 N–H and O–H groups in total. The Bertz CT molecular complexity index is 790. The van der Waals surface area contributed by atoms with Crippen LogP contribution < -0.4 is 11.1 Å². The smallest absolute Gasteiger partial charge is 0.255 e. The highest BCUT2D eigenvalue weighted by atomic mass is 32.2. The summed E-state index contributed by atoms with van der Waals surface area (Å²) in [4.78, 5) is 23.5. The molecule has 2 amide bonds. The average molecular weight is 376 g/mol. The van der Waals surface area contributed by atoms with E-state index in [4.69, 9.17) is 5.73 Å². The zero-order chi connectivity index (χ0) is 17.8. The maximum Gasteiger partial charge on any atom is 0.255 e. The van der Waals surface area contributed by atoms with Crippen molar-refractivity contribution in [1.82, 2.24) is 0 Å². The lowest BCUT2D eigenvalue weighted by atomic mass is 10.1. The van der Waals surface area contributed by atoms with Gasteiger partial charge in [0.1, 0.15) is 5.82 Å². The average Bonchev–Trinajstić information content (AvgIpc) is 2.64. The molecule has 1 saturated heterocycles. The predicted octanol–water partition coefficient (Wildman–Crippen LogP) is 4.05. The van der Waals surface area contributed by atoms with Gasteiger partial charge in [0.15, 0.2) is 0 Å². The first kappa shape index (κ1) is 17.8. The van der Waals surface area contributed by atoms with Crippen molar-refractivity contribution in [3.8, 4) is 0 Å². The van der Waals surface area contributed by atoms with E-state index in [-0.39, 0.29) is 11.5 Å². The van der Waals surface area contributed by atoms with Gasteiger partial charge in [-0.3, -0.25) is 9.59 Å². The Labute approximate surface area is 153 Å². The molecule has 0 bridgehead atoms. The molecule has 1 aliphatic heterocycles. The van der Waals surface area contributed by atoms with Crippen molar-refractivity contribution >= 4 is 41.0 Å². The quantitative estimate of drug-likeness (QED) is 0.845. The third kappa shape index (κ3) is 4.35. The van der Waals surface area contributed by atoms with Crippen LogP contribution in [0.2, 0.25) is 0 Å². The molecule has 0 aliphatic carbocycles. The van der Waals surface area contributed by atoms with Crippen LogP contribution in [-0.2, 0) is 0 Å². The van der Waals surface area contributed by atoms with E-state index >= 15 is 0 Å². The highest BCUT2D eigenvalue weighted by Gasteiger charge is 2.17. The molecule has 4 nitrogen and oxygen atoms in total. The van der Waals surface area contributed by atoms with Crippen LogP contribution in [0.1, 0.15) is 37.3 Å². The minimum atomic E-state index is -0.875. The molecule has 1 aliphatic rings. The van der Waals surface area contributed by atoms with Crippen molar-refractivity contribution in [2.45, 2.75) is 11.0 Å². The lowest BCUT2D eigenvalue weighted by molar-refractivity contribution is 0.0992. The van der Waals surface area contributed by atoms with Crippen molar-refractivity contribution in [3.63, 3.8) is 0 Å². The number of carbonyl (C=O) groups is 2. The maximum absolute atomic E-state index is 13.5. The number of amides is 2. The topological polar surface area (TPSA) is 72.2 Å². The van der Waals surface area contributed by atoms with Gasteiger partial charge in [-0.05, 0) is 53.8 Å². The van der Waals surface area contributed by atoms with Gasteiger partial charge >= 0.3 is 0 Å². The number of hydrogen-bond donors (Lipinski definition) is 2. The normalized spacial score (nSPS) is 14.9. The first-order valence-corrected chi connectivity index (χ1v) is 9.88. The predicted molar refractivity (Wildman–Crippen MR) is 102 cm³/mol. The van der Waals surface area contributed by atoms with Gasteiger partial charge < -0.3 is 11.1 Å². The number of rotatable bonds is 4. The van der Waals surface area contributed by atoms with Crippen molar-refractivity contribution in [3.05, 3.63) is 65.0 Å². The Hall–Kier alpha value is -1.99. The first-order valence-electron chi connectivity index (χ1n) is 7.78. The second-order valence-electron chi connectivity index (χ2n) is 5.56. The number of anilines is 1. The summed E-state index contributed by atoms with van der Waals surface area (Å²) in [6, 6.07) is 11.2. The van der Waals surface area contributed by atoms with E-state index in [1.54, 1.807) is 12.1 Å². The van der Waals surface area contributed by atoms with Crippen molar-refractivity contribution in [2.24, 2.45) is 5.73 Å². The Morgan fingerprint density at radius 3 is 2.40 bits per heavy atom. The summed E-state index contributed by atoms with van der Waals surface area (Å²) in [5.41, 5.74) is 6.89. The summed E-state index contributed by atoms with van der Waals surface area (Å²) in [7, 11) is 0. The van der Waals surface area contributed by atoms with Crippen LogP contribution in [0.4, 0.5) is 10.1 Å². The summed E-state index contributed by atoms with van der Waals surface area (Å²) in [6.45, 7) is 0. The molecule has 2 aromatic carbocycles. The second-order valence-corrected chi connectivity index (χ2v) is 8.29. The molecule has 1 fully saturated rings. The third-order valence-electron chi connectivity index (χ3n) is 3.76. The van der Waals surface area contributed by atoms with Gasteiger partial charge in [-0.1, -0.05) is 12.1 Å². The number of thioether (sulfide) groups is 2. The van der Waals surface area contributed by atoms with Crippen molar-refractivity contribution in [1.29, 1.82) is 0 Å². The lowest BCUT2D eigenvalue weighted by Crippen LogP contribution is -2.16. The highest BCUT2D eigenvalue weighted by Crippen LogP contribution is 2.43. The van der Waals surface area contributed by atoms with Gasteiger partial charge in [0.25, 0.3) is 11.8 Å². The Morgan fingerprint density at radius 2 is 1.76 bits per heavy atom. The van der Waals surface area contributed by atoms with Crippen molar-refractivity contribution < 1.29 is 14.0 Å². The molecule has 0 spiro atoms. The van der Waals surface area contributed by atoms with Gasteiger partial charge in [-0.25, -0.2) is 4.39 Å². The molecule has 0 aromatic heterocycles. The molecule has 0 saturated carbocycles. The number of nitrogens with two attached hydrogens (primary N) is 1. The van der Waals surface area contributed by atoms with Crippen LogP contribution in [0, 0.1) is 5.82 Å². The monoisotopic (exact) mass is 376 g/mol. The minimum absolute atomic E-state index is 0.250. The summed E-state index contributed by atoms with van der Waals surface area (Å²) >= 11 is 3.84. The first-order chi connectivity index (χ1) is 12.0. The summed E-state index contributed by atoms with van der Waals surface area (Å²) in [6.07, 6.45) is 1.23. The molecular weight excluding hydrogens is 359 g/mol. The van der Waals surface area contributed by atoms with Crippen LogP contribution in [0.5, 0.6) is 0 Å². The van der Waals surface area contributed by atoms with Crippen LogP contribution >= 0.6 is 23.5 Å². The molecule has 1 heterocycles.